The fraction of sp³-hybridized carbons (Fsp3) is 0. The van der Waals surface area contributed by atoms with Crippen LogP contribution in [0.3, 0.4) is 0 Å². The quantitative estimate of drug-likeness (QED) is 0.203. The van der Waals surface area contributed by atoms with Crippen molar-refractivity contribution in [1.29, 1.82) is 0 Å². The van der Waals surface area contributed by atoms with E-state index in [0.717, 1.165) is 5.52 Å². The van der Waals surface area contributed by atoms with E-state index in [0.29, 0.717) is 0 Å². The van der Waals surface area contributed by atoms with Crippen molar-refractivity contribution in [3.63, 3.8) is 0 Å². The predicted molar refractivity (Wildman–Crippen MR) is 175 cm³/mol. The van der Waals surface area contributed by atoms with Crippen molar-refractivity contribution in [2.45, 2.75) is 0 Å². The van der Waals surface area contributed by atoms with Gasteiger partial charge in [0.05, 0.1) is 5.52 Å². The van der Waals surface area contributed by atoms with Crippen LogP contribution in [0, 0.1) is 0 Å². The van der Waals surface area contributed by atoms with Crippen LogP contribution < -0.4 is 0 Å². The van der Waals surface area contributed by atoms with E-state index in [-0.39, 0.29) is 0 Å². The predicted octanol–water partition coefficient (Wildman–Crippen LogP) is 11.3. The van der Waals surface area contributed by atoms with Crippen LogP contribution in [0.2, 0.25) is 0 Å². The molecule has 0 saturated carbocycles. The highest BCUT2D eigenvalue weighted by molar-refractivity contribution is 7.26. The molecule has 6 aromatic carbocycles. The summed E-state index contributed by atoms with van der Waals surface area (Å²) in [4.78, 5) is 4.72. The summed E-state index contributed by atoms with van der Waals surface area (Å²) in [5, 5.41) is 3.84. The Hall–Kier alpha value is -5.05. The molecule has 0 radical (unpaired) electrons. The summed E-state index contributed by atoms with van der Waals surface area (Å²) >= 11 is 1.89. The number of rotatable bonds is 1. The monoisotopic (exact) mass is 537 g/mol. The fourth-order valence-corrected chi connectivity index (χ4v) is 7.94. The van der Waals surface area contributed by atoms with Crippen LogP contribution in [-0.4, -0.2) is 4.98 Å². The summed E-state index contributed by atoms with van der Waals surface area (Å²) in [6.45, 7) is 0. The summed E-state index contributed by atoms with van der Waals surface area (Å²) in [6, 6.07) is 48.9. The van der Waals surface area contributed by atoms with Gasteiger partial charge >= 0.3 is 0 Å². The van der Waals surface area contributed by atoms with E-state index in [2.05, 4.69) is 127 Å². The summed E-state index contributed by atoms with van der Waals surface area (Å²) in [5.41, 5.74) is 13.6. The van der Waals surface area contributed by atoms with Gasteiger partial charge < -0.3 is 0 Å². The third-order valence-electron chi connectivity index (χ3n) is 8.51. The van der Waals surface area contributed by atoms with Gasteiger partial charge in [0, 0.05) is 31.8 Å². The lowest BCUT2D eigenvalue weighted by Gasteiger charge is -2.24. The number of aromatic nitrogens is 1. The lowest BCUT2D eigenvalue weighted by atomic mass is 9.79. The standard InChI is InChI=1S/C39H23NS/c1-2-10-27-26(9-1)29-19-18-24(25-14-7-15-33-30-12-5-6-17-37(30)41-39(25)33)23-35(29)28-11-3-4-13-31(28)38-32(27)20-21-36-34(38)16-8-22-40-36/h1-23H. The summed E-state index contributed by atoms with van der Waals surface area (Å²) in [7, 11) is 0. The normalized spacial score (nSPS) is 11.9. The lowest BCUT2D eigenvalue weighted by molar-refractivity contribution is 1.41. The summed E-state index contributed by atoms with van der Waals surface area (Å²) in [6.07, 6.45) is 1.88. The zero-order valence-electron chi connectivity index (χ0n) is 22.1. The Labute approximate surface area is 242 Å². The minimum Gasteiger partial charge on any atom is -0.256 e. The maximum absolute atomic E-state index is 4.72. The number of fused-ring (bicyclic) bond motifs is 13. The molecule has 0 saturated heterocycles. The van der Waals surface area contributed by atoms with Gasteiger partial charge in [0.25, 0.3) is 0 Å². The van der Waals surface area contributed by atoms with E-state index in [1.807, 2.05) is 23.6 Å². The Balaban J connectivity index is 1.38. The van der Waals surface area contributed by atoms with Gasteiger partial charge in [0.2, 0.25) is 0 Å². The van der Waals surface area contributed by atoms with Crippen LogP contribution in [0.4, 0.5) is 0 Å². The molecule has 0 amide bonds. The molecule has 41 heavy (non-hydrogen) atoms. The van der Waals surface area contributed by atoms with E-state index in [4.69, 9.17) is 4.98 Å². The van der Waals surface area contributed by atoms with Crippen molar-refractivity contribution in [1.82, 2.24) is 4.98 Å². The van der Waals surface area contributed by atoms with Crippen LogP contribution in [0.25, 0.3) is 86.7 Å². The molecule has 2 heteroatoms. The zero-order chi connectivity index (χ0) is 26.9. The van der Waals surface area contributed by atoms with Crippen LogP contribution in [0.1, 0.15) is 0 Å². The minimum absolute atomic E-state index is 1.02. The van der Waals surface area contributed by atoms with E-state index in [1.165, 1.54) is 81.2 Å². The zero-order valence-corrected chi connectivity index (χ0v) is 23.0. The Morgan fingerprint density at radius 2 is 1.05 bits per heavy atom. The van der Waals surface area contributed by atoms with Crippen LogP contribution >= 0.6 is 11.3 Å². The van der Waals surface area contributed by atoms with E-state index in [9.17, 15) is 0 Å². The van der Waals surface area contributed by atoms with Crippen molar-refractivity contribution >= 4 is 42.4 Å². The topological polar surface area (TPSA) is 12.9 Å². The van der Waals surface area contributed by atoms with Crippen molar-refractivity contribution < 1.29 is 0 Å². The highest BCUT2D eigenvalue weighted by Gasteiger charge is 2.24. The van der Waals surface area contributed by atoms with Gasteiger partial charge in [-0.1, -0.05) is 109 Å². The Morgan fingerprint density at radius 1 is 0.415 bits per heavy atom. The molecule has 8 aromatic rings. The first kappa shape index (κ1) is 22.7. The fourth-order valence-electron chi connectivity index (χ4n) is 6.70. The molecule has 0 bridgehead atoms. The Bertz CT molecular complexity index is 2320. The summed E-state index contributed by atoms with van der Waals surface area (Å²) < 4.78 is 2.67. The SMILES string of the molecule is c1ccc2c(c1)-c1ccc(-c3cccc4c3sc3ccccc34)cc1-c1ccccc1-c1c-2ccc2ncccc12. The maximum Gasteiger partial charge on any atom is 0.0708 e. The molecule has 0 atom stereocenters. The molecule has 0 spiro atoms. The second-order valence-corrected chi connectivity index (χ2v) is 11.7. The lowest BCUT2D eigenvalue weighted by Crippen LogP contribution is -1.98. The first-order valence-corrected chi connectivity index (χ1v) is 14.8. The summed E-state index contributed by atoms with van der Waals surface area (Å²) in [5.74, 6) is 0. The largest absolute Gasteiger partial charge is 0.256 e. The molecule has 0 unspecified atom stereocenters. The average molecular weight is 538 g/mol. The van der Waals surface area contributed by atoms with Crippen LogP contribution in [-0.2, 0) is 0 Å². The average Bonchev–Trinajstić information content (AvgIpc) is 3.42. The Morgan fingerprint density at radius 3 is 1.93 bits per heavy atom. The van der Waals surface area contributed by atoms with E-state index >= 15 is 0 Å². The number of pyridine rings is 1. The molecule has 1 aliphatic rings. The number of nitrogens with zero attached hydrogens (tertiary/aromatic N) is 1. The molecule has 2 aromatic heterocycles. The molecule has 0 aliphatic heterocycles. The van der Waals surface area contributed by atoms with Crippen LogP contribution in [0.15, 0.2) is 140 Å². The minimum atomic E-state index is 1.02. The second-order valence-electron chi connectivity index (χ2n) is 10.7. The highest BCUT2D eigenvalue weighted by atomic mass is 32.1. The molecule has 1 aliphatic carbocycles. The van der Waals surface area contributed by atoms with Gasteiger partial charge in [0.1, 0.15) is 0 Å². The van der Waals surface area contributed by atoms with Crippen molar-refractivity contribution in [2.75, 3.05) is 0 Å². The van der Waals surface area contributed by atoms with Crippen molar-refractivity contribution in [2.24, 2.45) is 0 Å². The molecule has 9 rings (SSSR count). The molecule has 190 valence electrons. The number of thiophene rings is 1. The molecule has 1 nitrogen and oxygen atoms in total. The van der Waals surface area contributed by atoms with E-state index in [1.54, 1.807) is 0 Å². The van der Waals surface area contributed by atoms with Gasteiger partial charge in [-0.2, -0.15) is 0 Å². The molecular weight excluding hydrogens is 515 g/mol. The van der Waals surface area contributed by atoms with Gasteiger partial charge in [-0.05, 0) is 79.9 Å². The smallest absolute Gasteiger partial charge is 0.0708 e. The van der Waals surface area contributed by atoms with E-state index < -0.39 is 0 Å². The number of hydrogen-bond donors (Lipinski definition) is 0. The van der Waals surface area contributed by atoms with Crippen molar-refractivity contribution in [3.05, 3.63) is 140 Å². The maximum atomic E-state index is 4.72. The molecule has 0 N–H and O–H groups in total. The highest BCUT2D eigenvalue weighted by Crippen LogP contribution is 2.50. The third-order valence-corrected chi connectivity index (χ3v) is 9.73. The molecule has 0 fully saturated rings. The number of hydrogen-bond acceptors (Lipinski definition) is 2. The first-order valence-electron chi connectivity index (χ1n) is 14.0. The van der Waals surface area contributed by atoms with Gasteiger partial charge in [-0.3, -0.25) is 4.98 Å². The number of benzene rings is 6. The Kier molecular flexibility index (Phi) is 4.84. The van der Waals surface area contributed by atoms with Gasteiger partial charge in [-0.15, -0.1) is 11.3 Å². The second kappa shape index (κ2) is 8.72. The van der Waals surface area contributed by atoms with Gasteiger partial charge in [-0.25, -0.2) is 0 Å². The third kappa shape index (κ3) is 3.32. The van der Waals surface area contributed by atoms with Crippen molar-refractivity contribution in [3.8, 4) is 55.6 Å². The van der Waals surface area contributed by atoms with Crippen LogP contribution in [0.5, 0.6) is 0 Å². The van der Waals surface area contributed by atoms with Gasteiger partial charge in [0.15, 0.2) is 0 Å². The molecular formula is C39H23NS. The molecule has 2 heterocycles. The first-order chi connectivity index (χ1) is 20.3.